The Morgan fingerprint density at radius 2 is 2.05 bits per heavy atom. The van der Waals surface area contributed by atoms with Gasteiger partial charge in [0.2, 0.25) is 0 Å². The Kier molecular flexibility index (Phi) is 6.63. The Morgan fingerprint density at radius 3 is 2.47 bits per heavy atom. The van der Waals surface area contributed by atoms with Gasteiger partial charge in [0.05, 0.1) is 0 Å². The van der Waals surface area contributed by atoms with E-state index in [1.807, 2.05) is 17.4 Å². The van der Waals surface area contributed by atoms with Crippen LogP contribution in [0.2, 0.25) is 0 Å². The standard InChI is InChI=1S/C16H23NS2/c1-7-9-16(19-17(5)6)13(8-2)15-11-10-14(18-15)12(3)4/h7-12H,1H2,2-6H3/b13-8-,16-9+. The van der Waals surface area contributed by atoms with Gasteiger partial charge in [0.1, 0.15) is 0 Å². The van der Waals surface area contributed by atoms with Gasteiger partial charge >= 0.3 is 0 Å². The van der Waals surface area contributed by atoms with E-state index < -0.39 is 0 Å². The predicted octanol–water partition coefficient (Wildman–Crippen LogP) is 5.55. The molecule has 0 amide bonds. The average molecular weight is 294 g/mol. The van der Waals surface area contributed by atoms with Crippen molar-refractivity contribution in [2.45, 2.75) is 26.7 Å². The summed E-state index contributed by atoms with van der Waals surface area (Å²) in [5.74, 6) is 0.588. The highest BCUT2D eigenvalue weighted by molar-refractivity contribution is 8.01. The molecule has 1 heterocycles. The first-order chi connectivity index (χ1) is 8.99. The van der Waals surface area contributed by atoms with Crippen molar-refractivity contribution in [2.24, 2.45) is 0 Å². The summed E-state index contributed by atoms with van der Waals surface area (Å²) in [5.41, 5.74) is 1.29. The van der Waals surface area contributed by atoms with Crippen LogP contribution in [0.1, 0.15) is 36.4 Å². The van der Waals surface area contributed by atoms with Crippen LogP contribution < -0.4 is 0 Å². The van der Waals surface area contributed by atoms with Gasteiger partial charge in [0, 0.05) is 20.2 Å². The molecule has 0 fully saturated rings. The fourth-order valence-electron chi connectivity index (χ4n) is 1.69. The molecule has 0 radical (unpaired) electrons. The topological polar surface area (TPSA) is 3.24 Å². The molecule has 0 saturated carbocycles. The maximum atomic E-state index is 3.82. The van der Waals surface area contributed by atoms with Crippen LogP contribution in [0.3, 0.4) is 0 Å². The van der Waals surface area contributed by atoms with Gasteiger partial charge in [-0.15, -0.1) is 11.3 Å². The molecule has 0 bridgehead atoms. The minimum Gasteiger partial charge on any atom is -0.253 e. The molecule has 0 aliphatic heterocycles. The van der Waals surface area contributed by atoms with E-state index in [2.05, 4.69) is 70.0 Å². The summed E-state index contributed by atoms with van der Waals surface area (Å²) in [6, 6.07) is 4.46. The largest absolute Gasteiger partial charge is 0.253 e. The first-order valence-electron chi connectivity index (χ1n) is 6.44. The van der Waals surface area contributed by atoms with Gasteiger partial charge in [-0.1, -0.05) is 32.6 Å². The number of thiophene rings is 1. The summed E-state index contributed by atoms with van der Waals surface area (Å²) < 4.78 is 2.11. The molecule has 1 aromatic heterocycles. The molecule has 0 saturated heterocycles. The zero-order valence-electron chi connectivity index (χ0n) is 12.4. The molecule has 1 aromatic rings. The predicted molar refractivity (Wildman–Crippen MR) is 91.6 cm³/mol. The first kappa shape index (κ1) is 16.3. The van der Waals surface area contributed by atoms with Crippen molar-refractivity contribution in [3.63, 3.8) is 0 Å². The zero-order chi connectivity index (χ0) is 14.4. The number of hydrogen-bond acceptors (Lipinski definition) is 3. The Balaban J connectivity index is 3.10. The van der Waals surface area contributed by atoms with Crippen LogP contribution >= 0.6 is 23.3 Å². The Bertz CT molecular complexity index is 479. The maximum absolute atomic E-state index is 3.82. The van der Waals surface area contributed by atoms with E-state index >= 15 is 0 Å². The van der Waals surface area contributed by atoms with Crippen molar-refractivity contribution in [3.8, 4) is 0 Å². The van der Waals surface area contributed by atoms with Gasteiger partial charge in [-0.2, -0.15) is 0 Å². The molecule has 1 rings (SSSR count). The highest BCUT2D eigenvalue weighted by Gasteiger charge is 2.12. The molecular formula is C16H23NS2. The maximum Gasteiger partial charge on any atom is 0.0354 e. The molecule has 0 spiro atoms. The second-order valence-electron chi connectivity index (χ2n) is 4.73. The lowest BCUT2D eigenvalue weighted by molar-refractivity contribution is 0.707. The van der Waals surface area contributed by atoms with Crippen LogP contribution in [0.25, 0.3) is 5.57 Å². The second-order valence-corrected chi connectivity index (χ2v) is 7.20. The normalized spacial score (nSPS) is 13.4. The summed E-state index contributed by atoms with van der Waals surface area (Å²) in [5, 5.41) is 0. The van der Waals surface area contributed by atoms with Crippen LogP contribution in [-0.4, -0.2) is 18.4 Å². The zero-order valence-corrected chi connectivity index (χ0v) is 14.1. The average Bonchev–Trinajstić information content (AvgIpc) is 2.79. The van der Waals surface area contributed by atoms with Gasteiger partial charge in [0.15, 0.2) is 0 Å². The third kappa shape index (κ3) is 4.68. The lowest BCUT2D eigenvalue weighted by atomic mass is 10.1. The van der Waals surface area contributed by atoms with E-state index in [0.717, 1.165) is 0 Å². The summed E-state index contributed by atoms with van der Waals surface area (Å²) in [7, 11) is 4.12. The highest BCUT2D eigenvalue weighted by atomic mass is 32.2. The van der Waals surface area contributed by atoms with Crippen LogP contribution in [0.15, 0.2) is 41.8 Å². The molecule has 0 N–H and O–H groups in total. The lowest BCUT2D eigenvalue weighted by Crippen LogP contribution is -2.00. The molecular weight excluding hydrogens is 270 g/mol. The van der Waals surface area contributed by atoms with Crippen molar-refractivity contribution in [1.29, 1.82) is 0 Å². The monoisotopic (exact) mass is 293 g/mol. The van der Waals surface area contributed by atoms with E-state index in [9.17, 15) is 0 Å². The SMILES string of the molecule is C=C/C=C(SN(C)C)\C(=C/C)c1ccc(C(C)C)s1. The molecule has 0 aliphatic carbocycles. The molecule has 0 unspecified atom stereocenters. The summed E-state index contributed by atoms with van der Waals surface area (Å²) >= 11 is 3.61. The third-order valence-corrected chi connectivity index (χ3v) is 4.90. The van der Waals surface area contributed by atoms with E-state index in [1.54, 1.807) is 11.9 Å². The summed E-state index contributed by atoms with van der Waals surface area (Å²) in [6.45, 7) is 10.4. The van der Waals surface area contributed by atoms with Crippen molar-refractivity contribution < 1.29 is 0 Å². The van der Waals surface area contributed by atoms with Crippen LogP contribution in [0, 0.1) is 0 Å². The minimum absolute atomic E-state index is 0.588. The smallest absolute Gasteiger partial charge is 0.0354 e. The van der Waals surface area contributed by atoms with Gasteiger partial charge in [-0.3, -0.25) is 4.31 Å². The second kappa shape index (κ2) is 7.73. The Hall–Kier alpha value is -0.770. The Labute approximate surface area is 125 Å². The number of hydrogen-bond donors (Lipinski definition) is 0. The van der Waals surface area contributed by atoms with E-state index in [4.69, 9.17) is 0 Å². The first-order valence-corrected chi connectivity index (χ1v) is 8.03. The number of nitrogens with zero attached hydrogens (tertiary/aromatic N) is 1. The molecule has 0 atom stereocenters. The van der Waals surface area contributed by atoms with Crippen molar-refractivity contribution in [3.05, 3.63) is 51.6 Å². The fraction of sp³-hybridized carbons (Fsp3) is 0.375. The molecule has 104 valence electrons. The van der Waals surface area contributed by atoms with E-state index in [0.29, 0.717) is 5.92 Å². The van der Waals surface area contributed by atoms with Crippen LogP contribution in [-0.2, 0) is 0 Å². The van der Waals surface area contributed by atoms with Gasteiger partial charge in [-0.05, 0) is 57.1 Å². The fourth-order valence-corrected chi connectivity index (χ4v) is 3.73. The number of allylic oxidation sites excluding steroid dienone is 4. The quantitative estimate of drug-likeness (QED) is 0.499. The lowest BCUT2D eigenvalue weighted by Gasteiger charge is -2.14. The Morgan fingerprint density at radius 1 is 1.37 bits per heavy atom. The van der Waals surface area contributed by atoms with Crippen molar-refractivity contribution in [2.75, 3.05) is 14.1 Å². The summed E-state index contributed by atoms with van der Waals surface area (Å²) in [4.78, 5) is 4.00. The van der Waals surface area contributed by atoms with E-state index in [1.165, 1.54) is 20.2 Å². The molecule has 3 heteroatoms. The summed E-state index contributed by atoms with van der Waals surface area (Å²) in [6.07, 6.45) is 6.11. The molecule has 19 heavy (non-hydrogen) atoms. The molecule has 0 aliphatic rings. The third-order valence-electron chi connectivity index (χ3n) is 2.57. The van der Waals surface area contributed by atoms with Gasteiger partial charge < -0.3 is 0 Å². The van der Waals surface area contributed by atoms with Crippen molar-refractivity contribution in [1.82, 2.24) is 4.31 Å². The molecule has 0 aromatic carbocycles. The van der Waals surface area contributed by atoms with Crippen LogP contribution in [0.4, 0.5) is 0 Å². The van der Waals surface area contributed by atoms with Crippen LogP contribution in [0.5, 0.6) is 0 Å². The van der Waals surface area contributed by atoms with Gasteiger partial charge in [-0.25, -0.2) is 0 Å². The minimum atomic E-state index is 0.588. The van der Waals surface area contributed by atoms with E-state index in [-0.39, 0.29) is 0 Å². The highest BCUT2D eigenvalue weighted by Crippen LogP contribution is 2.37. The number of rotatable bonds is 6. The van der Waals surface area contributed by atoms with Gasteiger partial charge in [0.25, 0.3) is 0 Å². The molecule has 1 nitrogen and oxygen atoms in total. The van der Waals surface area contributed by atoms with Crippen molar-refractivity contribution >= 4 is 28.9 Å².